The molecule has 0 atom stereocenters. The Morgan fingerprint density at radius 3 is 2.27 bits per heavy atom. The summed E-state index contributed by atoms with van der Waals surface area (Å²) in [5.74, 6) is -1.56. The van der Waals surface area contributed by atoms with E-state index in [1.54, 1.807) is 31.2 Å². The SMILES string of the molecule is C=C/C=C(OC)\C(=C/C)c1cc(C(=O)N(C(C)=O)c2ccc(-c3ncn(-c4ccc(OC(F)(F)F)cc4)n3)cc2)ccc1F. The van der Waals surface area contributed by atoms with Gasteiger partial charge >= 0.3 is 6.36 Å². The van der Waals surface area contributed by atoms with E-state index in [-0.39, 0.29) is 28.4 Å². The third-order valence-electron chi connectivity index (χ3n) is 6.28. The molecule has 226 valence electrons. The van der Waals surface area contributed by atoms with Crippen molar-refractivity contribution in [2.24, 2.45) is 0 Å². The average molecular weight is 607 g/mol. The molecule has 2 amide bonds. The first-order valence-electron chi connectivity index (χ1n) is 13.0. The molecule has 0 radical (unpaired) electrons. The average Bonchev–Trinajstić information content (AvgIpc) is 3.48. The lowest BCUT2D eigenvalue weighted by Gasteiger charge is -2.20. The predicted molar refractivity (Wildman–Crippen MR) is 156 cm³/mol. The van der Waals surface area contributed by atoms with Crippen LogP contribution in [0.5, 0.6) is 5.75 Å². The first kappa shape index (κ1) is 31.4. The third kappa shape index (κ3) is 7.09. The van der Waals surface area contributed by atoms with Crippen LogP contribution in [0, 0.1) is 5.82 Å². The van der Waals surface area contributed by atoms with Crippen LogP contribution in [0.4, 0.5) is 23.2 Å². The van der Waals surface area contributed by atoms with Crippen molar-refractivity contribution >= 4 is 23.1 Å². The highest BCUT2D eigenvalue weighted by Crippen LogP contribution is 2.29. The van der Waals surface area contributed by atoms with Crippen LogP contribution < -0.4 is 9.64 Å². The summed E-state index contributed by atoms with van der Waals surface area (Å²) in [6, 6.07) is 15.2. The van der Waals surface area contributed by atoms with E-state index in [9.17, 15) is 27.2 Å². The Labute approximate surface area is 250 Å². The number of methoxy groups -OCH3 is 1. The van der Waals surface area contributed by atoms with Gasteiger partial charge in [-0.25, -0.2) is 19.0 Å². The number of hydrogen-bond acceptors (Lipinski definition) is 6. The molecule has 0 aliphatic heterocycles. The molecule has 44 heavy (non-hydrogen) atoms. The number of benzene rings is 3. The zero-order valence-corrected chi connectivity index (χ0v) is 23.8. The highest BCUT2D eigenvalue weighted by Gasteiger charge is 2.31. The number of halogens is 4. The lowest BCUT2D eigenvalue weighted by Crippen LogP contribution is -2.35. The first-order chi connectivity index (χ1) is 20.9. The van der Waals surface area contributed by atoms with Crippen molar-refractivity contribution in [1.82, 2.24) is 14.8 Å². The molecule has 1 heterocycles. The quantitative estimate of drug-likeness (QED) is 0.113. The second-order valence-corrected chi connectivity index (χ2v) is 9.13. The topological polar surface area (TPSA) is 86.6 Å². The maximum absolute atomic E-state index is 14.9. The summed E-state index contributed by atoms with van der Waals surface area (Å²) in [5, 5.41) is 4.36. The summed E-state index contributed by atoms with van der Waals surface area (Å²) >= 11 is 0. The number of rotatable bonds is 9. The van der Waals surface area contributed by atoms with Crippen molar-refractivity contribution in [3.63, 3.8) is 0 Å². The van der Waals surface area contributed by atoms with Crippen molar-refractivity contribution in [2.45, 2.75) is 20.2 Å². The van der Waals surface area contributed by atoms with Crippen LogP contribution in [-0.4, -0.2) is 40.1 Å². The Morgan fingerprint density at radius 2 is 1.70 bits per heavy atom. The van der Waals surface area contributed by atoms with E-state index in [0.717, 1.165) is 23.1 Å². The smallest absolute Gasteiger partial charge is 0.496 e. The maximum atomic E-state index is 14.9. The molecule has 12 heteroatoms. The minimum absolute atomic E-state index is 0.0705. The Morgan fingerprint density at radius 1 is 1.02 bits per heavy atom. The fourth-order valence-electron chi connectivity index (χ4n) is 4.32. The highest BCUT2D eigenvalue weighted by molar-refractivity contribution is 6.20. The van der Waals surface area contributed by atoms with Crippen molar-refractivity contribution in [3.8, 4) is 22.8 Å². The number of ether oxygens (including phenoxy) is 2. The molecule has 0 N–H and O–H groups in total. The van der Waals surface area contributed by atoms with Gasteiger partial charge in [0.1, 0.15) is 23.7 Å². The number of anilines is 1. The van der Waals surface area contributed by atoms with Crippen LogP contribution in [0.15, 0.2) is 104 Å². The van der Waals surface area contributed by atoms with E-state index in [4.69, 9.17) is 4.74 Å². The van der Waals surface area contributed by atoms with E-state index in [2.05, 4.69) is 21.4 Å². The van der Waals surface area contributed by atoms with Crippen LogP contribution in [0.3, 0.4) is 0 Å². The highest BCUT2D eigenvalue weighted by atomic mass is 19.4. The Balaban J connectivity index is 1.58. The van der Waals surface area contributed by atoms with Gasteiger partial charge in [0.15, 0.2) is 5.82 Å². The molecular weight excluding hydrogens is 580 g/mol. The lowest BCUT2D eigenvalue weighted by molar-refractivity contribution is -0.274. The van der Waals surface area contributed by atoms with E-state index in [1.165, 1.54) is 67.5 Å². The molecule has 4 rings (SSSR count). The number of allylic oxidation sites excluding steroid dienone is 4. The molecule has 0 fully saturated rings. The van der Waals surface area contributed by atoms with Gasteiger partial charge in [0, 0.05) is 29.2 Å². The predicted octanol–water partition coefficient (Wildman–Crippen LogP) is 7.28. The van der Waals surface area contributed by atoms with Gasteiger partial charge in [-0.2, -0.15) is 0 Å². The zero-order valence-electron chi connectivity index (χ0n) is 23.8. The molecule has 0 saturated carbocycles. The Kier molecular flexibility index (Phi) is 9.42. The van der Waals surface area contributed by atoms with Crippen LogP contribution in [0.1, 0.15) is 29.8 Å². The largest absolute Gasteiger partial charge is 0.573 e. The molecule has 0 bridgehead atoms. The van der Waals surface area contributed by atoms with E-state index >= 15 is 0 Å². The molecule has 0 spiro atoms. The normalized spacial score (nSPS) is 12.1. The molecule has 8 nitrogen and oxygen atoms in total. The van der Waals surface area contributed by atoms with E-state index in [0.29, 0.717) is 22.6 Å². The van der Waals surface area contributed by atoms with Crippen molar-refractivity contribution in [3.05, 3.63) is 121 Å². The van der Waals surface area contributed by atoms with Gasteiger partial charge in [-0.05, 0) is 79.7 Å². The van der Waals surface area contributed by atoms with E-state index < -0.39 is 24.0 Å². The number of nitrogens with zero attached hydrogens (tertiary/aromatic N) is 4. The number of carbonyl (C=O) groups excluding carboxylic acids is 2. The molecule has 3 aromatic carbocycles. The summed E-state index contributed by atoms with van der Waals surface area (Å²) in [6.45, 7) is 6.57. The number of carbonyl (C=O) groups is 2. The summed E-state index contributed by atoms with van der Waals surface area (Å²) in [5.41, 5.74) is 1.82. The van der Waals surface area contributed by atoms with Gasteiger partial charge in [0.05, 0.1) is 18.5 Å². The number of aromatic nitrogens is 3. The van der Waals surface area contributed by atoms with E-state index in [1.807, 2.05) is 0 Å². The number of imide groups is 1. The Hall–Kier alpha value is -5.52. The van der Waals surface area contributed by atoms with Crippen LogP contribution >= 0.6 is 0 Å². The Bertz CT molecular complexity index is 1740. The third-order valence-corrected chi connectivity index (χ3v) is 6.28. The molecule has 0 aliphatic carbocycles. The summed E-state index contributed by atoms with van der Waals surface area (Å²) in [4.78, 5) is 31.4. The monoisotopic (exact) mass is 606 g/mol. The van der Waals surface area contributed by atoms with Gasteiger partial charge in [-0.1, -0.05) is 18.7 Å². The van der Waals surface area contributed by atoms with Crippen LogP contribution in [0.2, 0.25) is 0 Å². The molecule has 4 aromatic rings. The zero-order chi connectivity index (χ0) is 32.0. The molecule has 0 unspecified atom stereocenters. The molecule has 1 aromatic heterocycles. The molecule has 0 saturated heterocycles. The van der Waals surface area contributed by atoms with Gasteiger partial charge in [-0.15, -0.1) is 18.3 Å². The second kappa shape index (κ2) is 13.2. The summed E-state index contributed by atoms with van der Waals surface area (Å²) in [6.07, 6.45) is 1.28. The number of hydrogen-bond donors (Lipinski definition) is 0. The van der Waals surface area contributed by atoms with Crippen molar-refractivity contribution < 1.29 is 36.6 Å². The number of amides is 2. The van der Waals surface area contributed by atoms with Gasteiger partial charge < -0.3 is 9.47 Å². The summed E-state index contributed by atoms with van der Waals surface area (Å²) in [7, 11) is 1.43. The molecule has 0 aliphatic rings. The van der Waals surface area contributed by atoms with Crippen molar-refractivity contribution in [2.75, 3.05) is 12.0 Å². The van der Waals surface area contributed by atoms with Crippen LogP contribution in [0.25, 0.3) is 22.6 Å². The molecular formula is C32H26F4N4O4. The lowest BCUT2D eigenvalue weighted by atomic mass is 9.99. The van der Waals surface area contributed by atoms with Crippen LogP contribution in [-0.2, 0) is 9.53 Å². The van der Waals surface area contributed by atoms with Gasteiger partial charge in [0.25, 0.3) is 5.91 Å². The second-order valence-electron chi connectivity index (χ2n) is 9.13. The fraction of sp³-hybridized carbons (Fsp3) is 0.125. The minimum atomic E-state index is -4.80. The van der Waals surface area contributed by atoms with Crippen molar-refractivity contribution in [1.29, 1.82) is 0 Å². The van der Waals surface area contributed by atoms with Gasteiger partial charge in [0.2, 0.25) is 5.91 Å². The maximum Gasteiger partial charge on any atom is 0.573 e. The fourth-order valence-corrected chi connectivity index (χ4v) is 4.32. The van der Waals surface area contributed by atoms with Gasteiger partial charge in [-0.3, -0.25) is 9.59 Å². The standard InChI is InChI=1S/C32H26F4N4O4/c1-5-7-29(43-4)26(6-2)27-18-22(10-17-28(27)33)31(42)40(20(3)41)24-11-8-21(9-12-24)30-37-19-39(38-30)23-13-15-25(16-14-23)44-32(34,35)36/h5-19H,1H2,2-4H3/b26-6-,29-7+. The minimum Gasteiger partial charge on any atom is -0.496 e. The number of alkyl halides is 3. The first-order valence-corrected chi connectivity index (χ1v) is 13.0. The summed E-state index contributed by atoms with van der Waals surface area (Å²) < 4.78 is 62.8.